The molecule has 328 valence electrons. The van der Waals surface area contributed by atoms with E-state index in [2.05, 4.69) is 32.1 Å². The van der Waals surface area contributed by atoms with Crippen LogP contribution in [0.4, 0.5) is 32.2 Å². The average Bonchev–Trinajstić information content (AvgIpc) is 4.11. The molecule has 62 heavy (non-hydrogen) atoms. The van der Waals surface area contributed by atoms with Crippen molar-refractivity contribution in [3.05, 3.63) is 93.0 Å². The topological polar surface area (TPSA) is 158 Å². The minimum absolute atomic E-state index is 0.00184. The Morgan fingerprint density at radius 1 is 1.02 bits per heavy atom. The van der Waals surface area contributed by atoms with Gasteiger partial charge >= 0.3 is 0 Å². The first kappa shape index (κ1) is 43.5. The van der Waals surface area contributed by atoms with Gasteiger partial charge in [0.15, 0.2) is 15.7 Å². The number of sulfone groups is 1. The number of aromatic nitrogens is 5. The van der Waals surface area contributed by atoms with Crippen LogP contribution in [0.2, 0.25) is 5.02 Å². The van der Waals surface area contributed by atoms with Crippen LogP contribution in [0.15, 0.2) is 42.5 Å². The van der Waals surface area contributed by atoms with Gasteiger partial charge in [-0.25, -0.2) is 39.4 Å². The van der Waals surface area contributed by atoms with Gasteiger partial charge < -0.3 is 5.32 Å². The van der Waals surface area contributed by atoms with E-state index in [9.17, 15) is 39.2 Å². The summed E-state index contributed by atoms with van der Waals surface area (Å²) in [6.45, 7) is 3.39. The Hall–Kier alpha value is -5.13. The summed E-state index contributed by atoms with van der Waals surface area (Å²) in [5.74, 6) is -3.24. The molecule has 3 aliphatic carbocycles. The average molecular weight is 922 g/mol. The van der Waals surface area contributed by atoms with E-state index in [4.69, 9.17) is 16.6 Å². The normalized spacial score (nSPS) is 18.6. The van der Waals surface area contributed by atoms with Gasteiger partial charge in [0.05, 0.1) is 38.7 Å². The van der Waals surface area contributed by atoms with E-state index in [0.29, 0.717) is 29.2 Å². The summed E-state index contributed by atoms with van der Waals surface area (Å²) in [6, 6.07) is 7.30. The van der Waals surface area contributed by atoms with Crippen LogP contribution >= 0.6 is 11.6 Å². The number of carbonyl (C=O) groups excluding carboxylic acids is 1. The van der Waals surface area contributed by atoms with E-state index in [1.165, 1.54) is 50.7 Å². The van der Waals surface area contributed by atoms with E-state index >= 15 is 8.78 Å². The lowest BCUT2D eigenvalue weighted by Crippen LogP contribution is -2.35. The van der Waals surface area contributed by atoms with Crippen molar-refractivity contribution < 1.29 is 48.0 Å². The van der Waals surface area contributed by atoms with Crippen molar-refractivity contribution >= 4 is 54.1 Å². The Morgan fingerprint density at radius 2 is 1.69 bits per heavy atom. The standard InChI is InChI=1S/C41H38ClF6N7O5S2/c1-5-61(57,58)53-39-33-29(42)11-10-26(36(33)54(4)52-39)25-9-6-23(12-13-40(2,3)62(59,60)24-7-8-24)49-34(25)30(16-20-14-21(43)17-22(44)15-20)50-31(56)19-55-37-32(35(51-55)38(45)46)27-18-28(27)41(37,47)48/h6,9-11,14-15,17,24,27-28,30,38H,5,7-8,16,18-19H2,1-4H3,(H,50,56)(H,52,53)/t27-,28?,30-/m0/s1. The molecule has 2 aromatic carbocycles. The highest BCUT2D eigenvalue weighted by Crippen LogP contribution is 2.68. The molecular weight excluding hydrogens is 884 g/mol. The summed E-state index contributed by atoms with van der Waals surface area (Å²) in [4.78, 5) is 18.8. The first-order valence-corrected chi connectivity index (χ1v) is 23.1. The number of anilines is 1. The number of fused-ring (bicyclic) bond motifs is 4. The fourth-order valence-electron chi connectivity index (χ4n) is 8.14. The van der Waals surface area contributed by atoms with Gasteiger partial charge in [-0.15, -0.1) is 0 Å². The molecule has 0 spiro atoms. The minimum atomic E-state index is -3.86. The second-order valence-electron chi connectivity index (χ2n) is 16.2. The number of nitrogens with one attached hydrogen (secondary N) is 2. The monoisotopic (exact) mass is 921 g/mol. The number of nitrogens with zero attached hydrogens (tertiary/aromatic N) is 5. The van der Waals surface area contributed by atoms with Crippen LogP contribution in [0, 0.1) is 29.4 Å². The fourth-order valence-corrected chi connectivity index (χ4v) is 10.7. The molecule has 2 N–H and O–H groups in total. The van der Waals surface area contributed by atoms with Gasteiger partial charge in [-0.1, -0.05) is 23.6 Å². The summed E-state index contributed by atoms with van der Waals surface area (Å²) < 4.78 is 143. The maximum atomic E-state index is 15.5. The summed E-state index contributed by atoms with van der Waals surface area (Å²) in [7, 11) is -6.02. The third kappa shape index (κ3) is 7.80. The minimum Gasteiger partial charge on any atom is -0.346 e. The van der Waals surface area contributed by atoms with Crippen molar-refractivity contribution in [2.75, 3.05) is 10.5 Å². The zero-order valence-electron chi connectivity index (χ0n) is 33.4. The SMILES string of the molecule is CCS(=O)(=O)Nc1nn(C)c2c(-c3ccc(C#CC(C)(C)S(=O)(=O)C4CC4)nc3[C@H](Cc3cc(F)cc(F)c3)NC(=O)Cn3nc(C(F)F)c4c3C(F)(F)C3C[C@H]43)ccc(Cl)c12. The molecule has 3 aliphatic rings. The maximum Gasteiger partial charge on any atom is 0.293 e. The van der Waals surface area contributed by atoms with E-state index in [-0.39, 0.29) is 68.4 Å². The molecule has 0 aliphatic heterocycles. The van der Waals surface area contributed by atoms with Gasteiger partial charge in [0.25, 0.3) is 12.3 Å². The molecular formula is C41H38ClF6N7O5S2. The van der Waals surface area contributed by atoms with Crippen molar-refractivity contribution in [3.63, 3.8) is 0 Å². The summed E-state index contributed by atoms with van der Waals surface area (Å²) in [6.07, 6.45) is -2.58. The first-order valence-electron chi connectivity index (χ1n) is 19.5. The smallest absolute Gasteiger partial charge is 0.293 e. The molecule has 0 radical (unpaired) electrons. The highest BCUT2D eigenvalue weighted by Gasteiger charge is 2.67. The third-order valence-electron chi connectivity index (χ3n) is 11.4. The summed E-state index contributed by atoms with van der Waals surface area (Å²) >= 11 is 6.65. The molecule has 1 amide bonds. The highest BCUT2D eigenvalue weighted by molar-refractivity contribution is 7.94. The first-order chi connectivity index (χ1) is 29.0. The van der Waals surface area contributed by atoms with Gasteiger partial charge in [0.2, 0.25) is 15.9 Å². The van der Waals surface area contributed by atoms with Gasteiger partial charge in [0.1, 0.15) is 40.0 Å². The number of hydrogen-bond donors (Lipinski definition) is 2. The number of aryl methyl sites for hydroxylation is 1. The van der Waals surface area contributed by atoms with Crippen molar-refractivity contribution in [1.82, 2.24) is 29.9 Å². The number of pyridine rings is 1. The second-order valence-corrected chi connectivity index (χ2v) is 21.4. The Labute approximate surface area is 357 Å². The quantitative estimate of drug-likeness (QED) is 0.0910. The van der Waals surface area contributed by atoms with Crippen LogP contribution in [-0.4, -0.2) is 63.0 Å². The highest BCUT2D eigenvalue weighted by atomic mass is 35.5. The lowest BCUT2D eigenvalue weighted by molar-refractivity contribution is -0.123. The number of alkyl halides is 4. The van der Waals surface area contributed by atoms with Gasteiger partial charge in [-0.2, -0.15) is 19.0 Å². The molecule has 8 rings (SSSR count). The maximum absolute atomic E-state index is 15.5. The van der Waals surface area contributed by atoms with E-state index < -0.39 is 95.6 Å². The van der Waals surface area contributed by atoms with E-state index in [1.807, 2.05) is 0 Å². The number of rotatable bonds is 13. The van der Waals surface area contributed by atoms with E-state index in [1.54, 1.807) is 6.07 Å². The van der Waals surface area contributed by atoms with E-state index in [0.717, 1.165) is 12.1 Å². The number of carbonyl (C=O) groups is 1. The number of benzene rings is 2. The Bertz CT molecular complexity index is 2960. The van der Waals surface area contributed by atoms with Crippen LogP contribution in [0.1, 0.15) is 92.3 Å². The van der Waals surface area contributed by atoms with Crippen LogP contribution in [0.3, 0.4) is 0 Å². The molecule has 2 saturated carbocycles. The molecule has 21 heteroatoms. The number of amides is 1. The molecule has 2 fully saturated rings. The molecule has 0 saturated heterocycles. The molecule has 0 bridgehead atoms. The predicted molar refractivity (Wildman–Crippen MR) is 218 cm³/mol. The van der Waals surface area contributed by atoms with Crippen molar-refractivity contribution in [1.29, 1.82) is 0 Å². The summed E-state index contributed by atoms with van der Waals surface area (Å²) in [5.41, 5.74) is -1.08. The number of sulfonamides is 1. The second kappa shape index (κ2) is 15.3. The van der Waals surface area contributed by atoms with Crippen LogP contribution in [-0.2, 0) is 50.6 Å². The molecule has 3 heterocycles. The predicted octanol–water partition coefficient (Wildman–Crippen LogP) is 7.48. The molecule has 12 nitrogen and oxygen atoms in total. The Kier molecular flexibility index (Phi) is 10.7. The van der Waals surface area contributed by atoms with Crippen LogP contribution in [0.5, 0.6) is 0 Å². The lowest BCUT2D eigenvalue weighted by atomic mass is 9.93. The van der Waals surface area contributed by atoms with Gasteiger partial charge in [0, 0.05) is 35.7 Å². The Balaban J connectivity index is 1.29. The van der Waals surface area contributed by atoms with Crippen molar-refractivity contribution in [2.24, 2.45) is 13.0 Å². The summed E-state index contributed by atoms with van der Waals surface area (Å²) in [5, 5.41) is 10.6. The van der Waals surface area contributed by atoms with Gasteiger partial charge in [-0.05, 0) is 94.2 Å². The molecule has 3 aromatic heterocycles. The van der Waals surface area contributed by atoms with Crippen LogP contribution in [0.25, 0.3) is 22.0 Å². The Morgan fingerprint density at radius 3 is 2.34 bits per heavy atom. The lowest BCUT2D eigenvalue weighted by Gasteiger charge is -2.23. The largest absolute Gasteiger partial charge is 0.346 e. The third-order valence-corrected chi connectivity index (χ3v) is 15.9. The molecule has 3 atom stereocenters. The van der Waals surface area contributed by atoms with Crippen molar-refractivity contribution in [2.45, 2.75) is 87.3 Å². The zero-order chi connectivity index (χ0) is 44.8. The number of halogens is 7. The number of hydrogen-bond acceptors (Lipinski definition) is 8. The van der Waals surface area contributed by atoms with Crippen LogP contribution < -0.4 is 10.0 Å². The molecule has 5 aromatic rings. The van der Waals surface area contributed by atoms with Crippen molar-refractivity contribution in [3.8, 4) is 23.0 Å². The molecule has 1 unspecified atom stereocenters. The van der Waals surface area contributed by atoms with Gasteiger partial charge in [-0.3, -0.25) is 18.9 Å². The fraction of sp³-hybridized carbons (Fsp3) is 0.415. The zero-order valence-corrected chi connectivity index (χ0v) is 35.8.